The third kappa shape index (κ3) is 8.80. The van der Waals surface area contributed by atoms with Gasteiger partial charge in [-0.1, -0.05) is 0 Å². The molecule has 0 aliphatic carbocycles. The van der Waals surface area contributed by atoms with Crippen molar-refractivity contribution < 1.29 is 14.6 Å². The van der Waals surface area contributed by atoms with E-state index in [0.29, 0.717) is 0 Å². The van der Waals surface area contributed by atoms with Gasteiger partial charge in [-0.15, -0.1) is 0 Å². The number of aliphatic imine (C=N–C) groups is 1. The van der Waals surface area contributed by atoms with E-state index in [0.717, 1.165) is 0 Å². The second kappa shape index (κ2) is 6.06. The summed E-state index contributed by atoms with van der Waals surface area (Å²) in [5.41, 5.74) is -0.537. The van der Waals surface area contributed by atoms with E-state index in [1.807, 2.05) is 0 Å². The van der Waals surface area contributed by atoms with Crippen molar-refractivity contribution in [2.24, 2.45) is 4.99 Å². The van der Waals surface area contributed by atoms with Gasteiger partial charge >= 0.3 is 6.09 Å². The molecule has 0 spiro atoms. The maximum atomic E-state index is 11.1. The summed E-state index contributed by atoms with van der Waals surface area (Å²) < 4.78 is 4.97. The lowest BCUT2D eigenvalue weighted by atomic mass is 10.2. The molecule has 0 fully saturated rings. The minimum atomic E-state index is -0.567. The van der Waals surface area contributed by atoms with E-state index >= 15 is 0 Å². The molecular weight excluding hydrogens is 196 g/mol. The fourth-order valence-corrected chi connectivity index (χ4v) is 0.683. The second-order valence-electron chi connectivity index (χ2n) is 3.88. The van der Waals surface area contributed by atoms with E-state index in [4.69, 9.17) is 4.74 Å². The van der Waals surface area contributed by atoms with Crippen LogP contribution in [-0.4, -0.2) is 29.6 Å². The Balaban J connectivity index is 3.91. The minimum absolute atomic E-state index is 0.00620. The molecule has 0 heterocycles. The Morgan fingerprint density at radius 3 is 2.60 bits per heavy atom. The molecule has 5 nitrogen and oxygen atoms in total. The number of aliphatic hydroxyl groups is 1. The maximum absolute atomic E-state index is 11.1. The van der Waals surface area contributed by atoms with Crippen molar-refractivity contribution in [1.29, 1.82) is 0 Å². The molecule has 0 aromatic heterocycles. The number of alkyl carbamates (subject to hydrolysis) is 1. The summed E-state index contributed by atoms with van der Waals surface area (Å²) in [5, 5.41) is 11.6. The topological polar surface area (TPSA) is 70.9 Å². The van der Waals surface area contributed by atoms with Crippen molar-refractivity contribution in [1.82, 2.24) is 5.32 Å². The van der Waals surface area contributed by atoms with Gasteiger partial charge in [-0.2, -0.15) is 0 Å². The molecule has 0 radical (unpaired) electrons. The van der Waals surface area contributed by atoms with Gasteiger partial charge in [-0.25, -0.2) is 4.79 Å². The summed E-state index contributed by atoms with van der Waals surface area (Å²) in [7, 11) is 0. The Kier molecular flexibility index (Phi) is 5.44. The van der Waals surface area contributed by atoms with E-state index in [1.54, 1.807) is 27.7 Å². The van der Waals surface area contributed by atoms with Gasteiger partial charge in [0, 0.05) is 6.21 Å². The number of hydrogen-bond acceptors (Lipinski definition) is 4. The Labute approximate surface area is 89.8 Å². The smallest absolute Gasteiger partial charge is 0.408 e. The highest BCUT2D eigenvalue weighted by atomic mass is 16.6. The zero-order chi connectivity index (χ0) is 11.9. The molecule has 1 amide bonds. The second-order valence-corrected chi connectivity index (χ2v) is 3.88. The number of aliphatic hydroxyl groups excluding tert-OH is 1. The average molecular weight is 214 g/mol. The molecule has 0 aromatic carbocycles. The molecule has 86 valence electrons. The van der Waals surface area contributed by atoms with Crippen LogP contribution in [0.4, 0.5) is 4.79 Å². The molecule has 0 saturated heterocycles. The molecule has 0 bridgehead atoms. The number of amides is 1. The van der Waals surface area contributed by atoms with E-state index in [9.17, 15) is 9.90 Å². The van der Waals surface area contributed by atoms with Crippen LogP contribution in [0.15, 0.2) is 17.0 Å². The van der Waals surface area contributed by atoms with Crippen LogP contribution in [-0.2, 0) is 4.74 Å². The monoisotopic (exact) mass is 214 g/mol. The average Bonchev–Trinajstić information content (AvgIpc) is 2.08. The molecule has 0 atom stereocenters. The molecule has 0 aliphatic rings. The minimum Gasteiger partial charge on any atom is -0.509 e. The molecule has 5 heteroatoms. The summed E-state index contributed by atoms with van der Waals surface area (Å²) in [6, 6.07) is 0. The Hall–Kier alpha value is -1.52. The lowest BCUT2D eigenvalue weighted by Crippen LogP contribution is -2.33. The predicted molar refractivity (Wildman–Crippen MR) is 59.1 cm³/mol. The molecule has 0 unspecified atom stereocenters. The largest absolute Gasteiger partial charge is 0.509 e. The lowest BCUT2D eigenvalue weighted by molar-refractivity contribution is 0.0527. The number of nitrogens with zero attached hydrogens (tertiary/aromatic N) is 1. The van der Waals surface area contributed by atoms with Crippen molar-refractivity contribution >= 4 is 12.3 Å². The first-order chi connectivity index (χ1) is 6.85. The van der Waals surface area contributed by atoms with Gasteiger partial charge in [-0.3, -0.25) is 4.99 Å². The highest BCUT2D eigenvalue weighted by Crippen LogP contribution is 2.06. The number of hydrogen-bond donors (Lipinski definition) is 2. The fourth-order valence-electron chi connectivity index (χ4n) is 0.683. The molecule has 0 aliphatic heterocycles. The molecule has 15 heavy (non-hydrogen) atoms. The first-order valence-electron chi connectivity index (χ1n) is 4.68. The maximum Gasteiger partial charge on any atom is 0.408 e. The van der Waals surface area contributed by atoms with Crippen molar-refractivity contribution in [3.63, 3.8) is 0 Å². The summed E-state index contributed by atoms with van der Waals surface area (Å²) in [6.07, 6.45) is 2.23. The van der Waals surface area contributed by atoms with Crippen LogP contribution in [0.2, 0.25) is 0 Å². The zero-order valence-electron chi connectivity index (χ0n) is 9.57. The van der Waals surface area contributed by atoms with Gasteiger partial charge in [0.05, 0.1) is 12.7 Å². The molecule has 0 rings (SSSR count). The third-order valence-corrected chi connectivity index (χ3v) is 1.19. The number of carbonyl (C=O) groups is 1. The predicted octanol–water partition coefficient (Wildman–Crippen LogP) is 2.00. The van der Waals surface area contributed by atoms with Gasteiger partial charge < -0.3 is 15.2 Å². The SMILES string of the molecule is C/C=N\C=C(/O)CNC(=O)OC(C)(C)C. The summed E-state index contributed by atoms with van der Waals surface area (Å²) in [4.78, 5) is 14.8. The van der Waals surface area contributed by atoms with Crippen molar-refractivity contribution in [2.75, 3.05) is 6.54 Å². The Morgan fingerprint density at radius 2 is 2.13 bits per heavy atom. The van der Waals surface area contributed by atoms with Crippen molar-refractivity contribution in [3.05, 3.63) is 12.0 Å². The standard InChI is InChI=1S/C10H18N2O3/c1-5-11-6-8(13)7-12-9(14)15-10(2,3)4/h5-6,13H,7H2,1-4H3,(H,12,14)/b8-6-,11-5-. The first-order valence-corrected chi connectivity index (χ1v) is 4.68. The van der Waals surface area contributed by atoms with E-state index < -0.39 is 11.7 Å². The highest BCUT2D eigenvalue weighted by molar-refractivity contribution is 5.67. The van der Waals surface area contributed by atoms with Crippen molar-refractivity contribution in [2.45, 2.75) is 33.3 Å². The highest BCUT2D eigenvalue weighted by Gasteiger charge is 2.15. The van der Waals surface area contributed by atoms with Gasteiger partial charge in [0.2, 0.25) is 0 Å². The number of carbonyl (C=O) groups excluding carboxylic acids is 1. The zero-order valence-corrected chi connectivity index (χ0v) is 9.57. The van der Waals surface area contributed by atoms with Gasteiger partial charge in [0.1, 0.15) is 11.4 Å². The van der Waals surface area contributed by atoms with E-state index in [1.165, 1.54) is 12.4 Å². The fraction of sp³-hybridized carbons (Fsp3) is 0.600. The van der Waals surface area contributed by atoms with Crippen molar-refractivity contribution in [3.8, 4) is 0 Å². The van der Waals surface area contributed by atoms with Crippen LogP contribution in [0.5, 0.6) is 0 Å². The normalized spacial score (nSPS) is 12.9. The van der Waals surface area contributed by atoms with Crippen LogP contribution in [0.1, 0.15) is 27.7 Å². The molecule has 0 aromatic rings. The third-order valence-electron chi connectivity index (χ3n) is 1.19. The summed E-state index contributed by atoms with van der Waals surface area (Å²) in [6.45, 7) is 7.04. The molecule has 0 saturated carbocycles. The van der Waals surface area contributed by atoms with Gasteiger partial charge in [-0.05, 0) is 27.7 Å². The first kappa shape index (κ1) is 13.5. The van der Waals surface area contributed by atoms with E-state index in [-0.39, 0.29) is 12.3 Å². The van der Waals surface area contributed by atoms with Crippen LogP contribution >= 0.6 is 0 Å². The Bertz CT molecular complexity index is 264. The van der Waals surface area contributed by atoms with Gasteiger partial charge in [0.25, 0.3) is 0 Å². The molecular formula is C10H18N2O3. The number of rotatable bonds is 3. The van der Waals surface area contributed by atoms with Crippen LogP contribution in [0.25, 0.3) is 0 Å². The summed E-state index contributed by atoms with van der Waals surface area (Å²) in [5.74, 6) is -0.0287. The molecule has 2 N–H and O–H groups in total. The van der Waals surface area contributed by atoms with Crippen LogP contribution in [0.3, 0.4) is 0 Å². The number of ether oxygens (including phenoxy) is 1. The van der Waals surface area contributed by atoms with Gasteiger partial charge in [0.15, 0.2) is 0 Å². The van der Waals surface area contributed by atoms with E-state index in [2.05, 4.69) is 10.3 Å². The number of nitrogens with one attached hydrogen (secondary N) is 1. The Morgan fingerprint density at radius 1 is 1.53 bits per heavy atom. The lowest BCUT2D eigenvalue weighted by Gasteiger charge is -2.19. The van der Waals surface area contributed by atoms with Crippen LogP contribution in [0, 0.1) is 0 Å². The summed E-state index contributed by atoms with van der Waals surface area (Å²) >= 11 is 0. The quantitative estimate of drug-likeness (QED) is 0.557. The van der Waals surface area contributed by atoms with Crippen LogP contribution < -0.4 is 5.32 Å².